The van der Waals surface area contributed by atoms with Gasteiger partial charge in [0.15, 0.2) is 0 Å². The molecule has 0 saturated heterocycles. The number of hydrogen-bond acceptors (Lipinski definition) is 3. The Morgan fingerprint density at radius 1 is 0.824 bits per heavy atom. The molecule has 1 N–H and O–H groups in total. The molecule has 4 rings (SSSR count). The number of aliphatic carboxylic acids is 1. The molecule has 2 aromatic carbocycles. The second-order valence-electron chi connectivity index (χ2n) is 9.69. The first-order chi connectivity index (χ1) is 16.7. The van der Waals surface area contributed by atoms with Crippen molar-refractivity contribution in [2.75, 3.05) is 0 Å². The lowest BCUT2D eigenvalue weighted by atomic mass is 9.79. The fourth-order valence-corrected chi connectivity index (χ4v) is 5.26. The van der Waals surface area contributed by atoms with E-state index < -0.39 is 11.9 Å². The van der Waals surface area contributed by atoms with Gasteiger partial charge in [0.2, 0.25) is 0 Å². The predicted molar refractivity (Wildman–Crippen MR) is 137 cm³/mol. The maximum Gasteiger partial charge on any atom is 0.311 e. The fourth-order valence-electron chi connectivity index (χ4n) is 5.26. The van der Waals surface area contributed by atoms with Crippen LogP contribution in [0.2, 0.25) is 0 Å². The van der Waals surface area contributed by atoms with Crippen LogP contribution >= 0.6 is 0 Å². The first-order valence-electron chi connectivity index (χ1n) is 13.0. The zero-order valence-corrected chi connectivity index (χ0v) is 20.1. The topological polar surface area (TPSA) is 59.4 Å². The van der Waals surface area contributed by atoms with Crippen molar-refractivity contribution >= 4 is 16.9 Å². The van der Waals surface area contributed by atoms with Crippen LogP contribution in [0.4, 0.5) is 0 Å². The lowest BCUT2D eigenvalue weighted by Gasteiger charge is -2.25. The largest absolute Gasteiger partial charge is 0.487 e. The molecule has 0 aliphatic heterocycles. The molecule has 1 aromatic heterocycles. The molecule has 1 unspecified atom stereocenters. The van der Waals surface area contributed by atoms with E-state index in [0.717, 1.165) is 53.6 Å². The Morgan fingerprint density at radius 3 is 2.09 bits per heavy atom. The molecule has 1 aliphatic carbocycles. The number of hydrogen-bond donors (Lipinski definition) is 1. The Bertz CT molecular complexity index is 1030. The van der Waals surface area contributed by atoms with E-state index in [1.165, 1.54) is 44.9 Å². The number of rotatable bonds is 6. The van der Waals surface area contributed by atoms with Gasteiger partial charge in [0, 0.05) is 5.39 Å². The third-order valence-corrected chi connectivity index (χ3v) is 7.17. The summed E-state index contributed by atoms with van der Waals surface area (Å²) in [6.45, 7) is 0.384. The highest BCUT2D eigenvalue weighted by molar-refractivity contribution is 5.78. The lowest BCUT2D eigenvalue weighted by molar-refractivity contribution is -0.140. The van der Waals surface area contributed by atoms with E-state index in [9.17, 15) is 9.90 Å². The number of pyridine rings is 1. The highest BCUT2D eigenvalue weighted by Gasteiger charge is 2.29. The number of carboxylic acids is 1. The smallest absolute Gasteiger partial charge is 0.311 e. The van der Waals surface area contributed by atoms with Crippen LogP contribution in [0.25, 0.3) is 10.9 Å². The summed E-state index contributed by atoms with van der Waals surface area (Å²) in [7, 11) is 0. The number of aromatic nitrogens is 1. The molecule has 0 spiro atoms. The number of fused-ring (bicyclic) bond motifs is 1. The number of nitrogens with zero attached hydrogens (tertiary/aromatic N) is 1. The van der Waals surface area contributed by atoms with Crippen LogP contribution in [0, 0.1) is 5.92 Å². The Hall–Kier alpha value is -2.88. The summed E-state index contributed by atoms with van der Waals surface area (Å²) in [5, 5.41) is 11.2. The highest BCUT2D eigenvalue weighted by Crippen LogP contribution is 2.35. The maximum atomic E-state index is 12.3. The minimum atomic E-state index is -0.703. The quantitative estimate of drug-likeness (QED) is 0.407. The van der Waals surface area contributed by atoms with Crippen LogP contribution < -0.4 is 4.74 Å². The van der Waals surface area contributed by atoms with Crippen LogP contribution in [0.1, 0.15) is 87.8 Å². The van der Waals surface area contributed by atoms with Gasteiger partial charge >= 0.3 is 5.97 Å². The summed E-state index contributed by atoms with van der Waals surface area (Å²) in [5.41, 5.74) is 2.72. The molecule has 180 valence electrons. The van der Waals surface area contributed by atoms with E-state index in [4.69, 9.17) is 4.74 Å². The average molecular weight is 460 g/mol. The molecule has 1 fully saturated rings. The molecule has 0 amide bonds. The van der Waals surface area contributed by atoms with Crippen molar-refractivity contribution in [2.24, 2.45) is 5.92 Å². The number of carboxylic acid groups (broad SMARTS) is 1. The van der Waals surface area contributed by atoms with Crippen molar-refractivity contribution in [3.05, 3.63) is 71.9 Å². The molecule has 1 saturated carbocycles. The van der Waals surface area contributed by atoms with Gasteiger partial charge in [-0.05, 0) is 48.6 Å². The Balaban J connectivity index is 1.40. The molecule has 3 aromatic rings. The zero-order valence-electron chi connectivity index (χ0n) is 20.1. The van der Waals surface area contributed by atoms with Gasteiger partial charge in [-0.1, -0.05) is 94.2 Å². The Labute approximate surface area is 203 Å². The van der Waals surface area contributed by atoms with Crippen molar-refractivity contribution in [3.8, 4) is 5.75 Å². The van der Waals surface area contributed by atoms with Crippen molar-refractivity contribution in [2.45, 2.75) is 83.2 Å². The Morgan fingerprint density at radius 2 is 1.44 bits per heavy atom. The summed E-state index contributed by atoms with van der Waals surface area (Å²) in [6.07, 6.45) is 13.3. The predicted octanol–water partition coefficient (Wildman–Crippen LogP) is 7.90. The summed E-state index contributed by atoms with van der Waals surface area (Å²) in [5.74, 6) is -0.211. The maximum absolute atomic E-state index is 12.3. The number of ether oxygens (including phenoxy) is 1. The van der Waals surface area contributed by atoms with Crippen molar-refractivity contribution in [1.29, 1.82) is 0 Å². The van der Waals surface area contributed by atoms with Crippen LogP contribution in [0.3, 0.4) is 0 Å². The molecule has 0 bridgehead atoms. The minimum Gasteiger partial charge on any atom is -0.487 e. The van der Waals surface area contributed by atoms with Crippen molar-refractivity contribution < 1.29 is 14.6 Å². The molecular weight excluding hydrogens is 422 g/mol. The second-order valence-corrected chi connectivity index (χ2v) is 9.69. The first-order valence-corrected chi connectivity index (χ1v) is 13.0. The van der Waals surface area contributed by atoms with Gasteiger partial charge < -0.3 is 9.84 Å². The average Bonchev–Trinajstić information content (AvgIpc) is 2.85. The highest BCUT2D eigenvalue weighted by atomic mass is 16.5. The molecule has 1 atom stereocenters. The van der Waals surface area contributed by atoms with Crippen molar-refractivity contribution in [1.82, 2.24) is 4.98 Å². The van der Waals surface area contributed by atoms with E-state index >= 15 is 0 Å². The fraction of sp³-hybridized carbons (Fsp3) is 0.467. The van der Waals surface area contributed by atoms with Gasteiger partial charge in [-0.25, -0.2) is 4.98 Å². The van der Waals surface area contributed by atoms with Gasteiger partial charge in [0.25, 0.3) is 0 Å². The number of carbonyl (C=O) groups is 1. The standard InChI is InChI=1S/C30H37NO3/c32-30(33)29(24-13-8-6-4-2-1-3-5-7-9-14-24)25-17-20-27(21-18-25)34-22-26-19-16-23-12-10-11-15-28(23)31-26/h10-12,15-21,24,29H,1-9,13-14,22H2,(H,32,33). The SMILES string of the molecule is O=C(O)C(c1ccc(OCc2ccc3ccccc3n2)cc1)C1CCCCCCCCCCC1. The summed E-state index contributed by atoms with van der Waals surface area (Å²) in [4.78, 5) is 17.0. The monoisotopic (exact) mass is 459 g/mol. The molecule has 34 heavy (non-hydrogen) atoms. The third kappa shape index (κ3) is 6.82. The molecule has 4 nitrogen and oxygen atoms in total. The van der Waals surface area contributed by atoms with Crippen molar-refractivity contribution in [3.63, 3.8) is 0 Å². The Kier molecular flexibility index (Phi) is 8.95. The van der Waals surface area contributed by atoms with E-state index in [1.807, 2.05) is 54.6 Å². The number of benzene rings is 2. The van der Waals surface area contributed by atoms with Gasteiger partial charge in [-0.3, -0.25) is 4.79 Å². The molecule has 0 radical (unpaired) electrons. The molecule has 1 heterocycles. The van der Waals surface area contributed by atoms with Gasteiger partial charge in [0.05, 0.1) is 17.1 Å². The van der Waals surface area contributed by atoms with E-state index in [2.05, 4.69) is 11.1 Å². The summed E-state index contributed by atoms with van der Waals surface area (Å²) >= 11 is 0. The van der Waals surface area contributed by atoms with Crippen LogP contribution in [-0.2, 0) is 11.4 Å². The van der Waals surface area contributed by atoms with Crippen LogP contribution in [-0.4, -0.2) is 16.1 Å². The minimum absolute atomic E-state index is 0.200. The number of para-hydroxylation sites is 1. The zero-order chi connectivity index (χ0) is 23.6. The van der Waals surface area contributed by atoms with Crippen LogP contribution in [0.5, 0.6) is 5.75 Å². The molecule has 1 aliphatic rings. The molecular formula is C30H37NO3. The second kappa shape index (κ2) is 12.5. The van der Waals surface area contributed by atoms with Gasteiger partial charge in [0.1, 0.15) is 12.4 Å². The summed E-state index contributed by atoms with van der Waals surface area (Å²) < 4.78 is 5.96. The third-order valence-electron chi connectivity index (χ3n) is 7.17. The lowest BCUT2D eigenvalue weighted by Crippen LogP contribution is -2.22. The summed E-state index contributed by atoms with van der Waals surface area (Å²) in [6, 6.07) is 19.8. The van der Waals surface area contributed by atoms with E-state index in [1.54, 1.807) is 0 Å². The molecule has 4 heteroatoms. The van der Waals surface area contributed by atoms with Gasteiger partial charge in [-0.15, -0.1) is 0 Å². The van der Waals surface area contributed by atoms with Crippen LogP contribution in [0.15, 0.2) is 60.7 Å². The van der Waals surface area contributed by atoms with E-state index in [0.29, 0.717) is 6.61 Å². The first kappa shape index (κ1) is 24.3. The van der Waals surface area contributed by atoms with Gasteiger partial charge in [-0.2, -0.15) is 0 Å². The normalized spacial score (nSPS) is 17.4. The van der Waals surface area contributed by atoms with E-state index in [-0.39, 0.29) is 5.92 Å².